The number of amides is 1. The second kappa shape index (κ2) is 10.1. The van der Waals surface area contributed by atoms with Crippen LogP contribution in [0.15, 0.2) is 60.7 Å². The Morgan fingerprint density at radius 2 is 1.62 bits per heavy atom. The van der Waals surface area contributed by atoms with Crippen molar-refractivity contribution in [1.29, 1.82) is 0 Å². The Morgan fingerprint density at radius 1 is 1.03 bits per heavy atom. The molecule has 0 aromatic heterocycles. The van der Waals surface area contributed by atoms with Crippen LogP contribution >= 0.6 is 12.4 Å². The highest BCUT2D eigenvalue weighted by atomic mass is 35.5. The number of hydrogen-bond acceptors (Lipinski definition) is 3. The number of hydrogen-bond donors (Lipinski definition) is 1. The summed E-state index contributed by atoms with van der Waals surface area (Å²) in [5.41, 5.74) is 7.98. The van der Waals surface area contributed by atoms with Gasteiger partial charge in [0.15, 0.2) is 0 Å². The van der Waals surface area contributed by atoms with Crippen molar-refractivity contribution in [3.05, 3.63) is 71.8 Å². The molecule has 1 heterocycles. The van der Waals surface area contributed by atoms with E-state index < -0.39 is 18.6 Å². The first-order valence-electron chi connectivity index (χ1n) is 9.23. The van der Waals surface area contributed by atoms with E-state index in [1.165, 1.54) is 0 Å². The lowest BCUT2D eigenvalue weighted by molar-refractivity contribution is -0.162. The summed E-state index contributed by atoms with van der Waals surface area (Å²) in [6, 6.07) is 18.3. The molecule has 29 heavy (non-hydrogen) atoms. The summed E-state index contributed by atoms with van der Waals surface area (Å²) in [7, 11) is 0. The summed E-state index contributed by atoms with van der Waals surface area (Å²) in [4.78, 5) is 15.4. The fraction of sp³-hybridized carbons (Fsp3) is 0.381. The van der Waals surface area contributed by atoms with Gasteiger partial charge in [-0.1, -0.05) is 60.7 Å². The molecule has 0 unspecified atom stereocenters. The summed E-state index contributed by atoms with van der Waals surface area (Å²) in [5.74, 6) is -0.471. The van der Waals surface area contributed by atoms with Gasteiger partial charge in [-0.2, -0.15) is 13.2 Å². The number of benzene rings is 2. The van der Waals surface area contributed by atoms with Crippen molar-refractivity contribution in [2.24, 2.45) is 5.73 Å². The summed E-state index contributed by atoms with van der Waals surface area (Å²) in [6.45, 7) is -0.359. The average Bonchev–Trinajstić information content (AvgIpc) is 3.02. The highest BCUT2D eigenvalue weighted by Crippen LogP contribution is 2.26. The summed E-state index contributed by atoms with van der Waals surface area (Å²) >= 11 is 0. The van der Waals surface area contributed by atoms with Gasteiger partial charge >= 0.3 is 6.18 Å². The maximum absolute atomic E-state index is 13.0. The quantitative estimate of drug-likeness (QED) is 0.768. The number of likely N-dealkylation sites (tertiary alicyclic amines) is 1. The standard InChI is InChI=1S/C21H24F3N3O.ClH/c22-21(23,24)15-27(11-16-7-3-1-4-8-16)20(28)14-26-12-18(19(25)13-26)17-9-5-2-6-10-17;/h1-10,18-19H,11-15,25H2;1H/t18-,19+;/m0./s1. The van der Waals surface area contributed by atoms with Gasteiger partial charge in [0.1, 0.15) is 6.54 Å². The largest absolute Gasteiger partial charge is 0.406 e. The highest BCUT2D eigenvalue weighted by molar-refractivity contribution is 5.85. The molecule has 1 amide bonds. The number of nitrogens with two attached hydrogens (primary N) is 1. The Kier molecular flexibility index (Phi) is 8.07. The maximum atomic E-state index is 13.0. The van der Waals surface area contributed by atoms with Crippen LogP contribution in [0.4, 0.5) is 13.2 Å². The molecule has 158 valence electrons. The van der Waals surface area contributed by atoms with Crippen LogP contribution in [0.25, 0.3) is 0 Å². The molecule has 3 rings (SSSR count). The van der Waals surface area contributed by atoms with Crippen LogP contribution in [0.3, 0.4) is 0 Å². The molecule has 2 atom stereocenters. The van der Waals surface area contributed by atoms with E-state index in [-0.39, 0.29) is 37.5 Å². The van der Waals surface area contributed by atoms with Gasteiger partial charge in [0, 0.05) is 31.6 Å². The van der Waals surface area contributed by atoms with Crippen LogP contribution in [0.1, 0.15) is 17.0 Å². The van der Waals surface area contributed by atoms with Gasteiger partial charge in [0.05, 0.1) is 6.54 Å². The molecule has 0 saturated carbocycles. The van der Waals surface area contributed by atoms with Crippen LogP contribution in [0.5, 0.6) is 0 Å². The first-order chi connectivity index (χ1) is 13.3. The number of halogens is 4. The van der Waals surface area contributed by atoms with E-state index in [0.717, 1.165) is 10.5 Å². The van der Waals surface area contributed by atoms with Crippen LogP contribution in [-0.4, -0.2) is 54.1 Å². The van der Waals surface area contributed by atoms with E-state index in [1.54, 1.807) is 30.3 Å². The van der Waals surface area contributed by atoms with E-state index in [1.807, 2.05) is 35.2 Å². The number of rotatable bonds is 6. The van der Waals surface area contributed by atoms with Crippen LogP contribution in [0, 0.1) is 0 Å². The molecule has 0 aliphatic carbocycles. The first-order valence-corrected chi connectivity index (χ1v) is 9.23. The van der Waals surface area contributed by atoms with Crippen molar-refractivity contribution in [2.45, 2.75) is 24.7 Å². The fourth-order valence-corrected chi connectivity index (χ4v) is 3.64. The van der Waals surface area contributed by atoms with Crippen molar-refractivity contribution in [2.75, 3.05) is 26.2 Å². The topological polar surface area (TPSA) is 49.6 Å². The second-order valence-electron chi connectivity index (χ2n) is 7.23. The monoisotopic (exact) mass is 427 g/mol. The minimum atomic E-state index is -4.45. The molecular formula is C21H25ClF3N3O. The lowest BCUT2D eigenvalue weighted by Gasteiger charge is -2.26. The van der Waals surface area contributed by atoms with E-state index in [9.17, 15) is 18.0 Å². The van der Waals surface area contributed by atoms with E-state index >= 15 is 0 Å². The van der Waals surface area contributed by atoms with Gasteiger partial charge in [0.2, 0.25) is 5.91 Å². The third kappa shape index (κ3) is 6.73. The molecular weight excluding hydrogens is 403 g/mol. The predicted molar refractivity (Wildman–Crippen MR) is 109 cm³/mol. The maximum Gasteiger partial charge on any atom is 0.406 e. The number of nitrogens with zero attached hydrogens (tertiary/aromatic N) is 2. The Labute approximate surface area is 174 Å². The molecule has 0 radical (unpaired) electrons. The second-order valence-corrected chi connectivity index (χ2v) is 7.23. The predicted octanol–water partition coefficient (Wildman–Crippen LogP) is 3.43. The Balaban J connectivity index is 0.00000300. The van der Waals surface area contributed by atoms with Crippen LogP contribution in [0.2, 0.25) is 0 Å². The molecule has 2 N–H and O–H groups in total. The van der Waals surface area contributed by atoms with Gasteiger partial charge < -0.3 is 10.6 Å². The van der Waals surface area contributed by atoms with Crippen molar-refractivity contribution < 1.29 is 18.0 Å². The van der Waals surface area contributed by atoms with Gasteiger partial charge in [-0.3, -0.25) is 9.69 Å². The van der Waals surface area contributed by atoms with Gasteiger partial charge in [-0.05, 0) is 11.1 Å². The summed E-state index contributed by atoms with van der Waals surface area (Å²) in [5, 5.41) is 0. The highest BCUT2D eigenvalue weighted by Gasteiger charge is 2.36. The average molecular weight is 428 g/mol. The molecule has 1 saturated heterocycles. The molecule has 0 bridgehead atoms. The summed E-state index contributed by atoms with van der Waals surface area (Å²) in [6.07, 6.45) is -4.45. The third-order valence-corrected chi connectivity index (χ3v) is 4.97. The molecule has 1 aliphatic heterocycles. The Morgan fingerprint density at radius 3 is 2.21 bits per heavy atom. The zero-order valence-corrected chi connectivity index (χ0v) is 16.7. The van der Waals surface area contributed by atoms with Gasteiger partial charge in [-0.25, -0.2) is 0 Å². The van der Waals surface area contributed by atoms with Crippen molar-refractivity contribution in [3.8, 4) is 0 Å². The Hall–Kier alpha value is -2.09. The lowest BCUT2D eigenvalue weighted by atomic mass is 9.95. The van der Waals surface area contributed by atoms with E-state index in [4.69, 9.17) is 5.73 Å². The van der Waals surface area contributed by atoms with Crippen molar-refractivity contribution in [3.63, 3.8) is 0 Å². The van der Waals surface area contributed by atoms with Gasteiger partial charge in [-0.15, -0.1) is 12.4 Å². The fourth-order valence-electron chi connectivity index (χ4n) is 3.64. The van der Waals surface area contributed by atoms with Crippen LogP contribution in [-0.2, 0) is 11.3 Å². The minimum absolute atomic E-state index is 0. The normalized spacial score (nSPS) is 19.6. The molecule has 0 spiro atoms. The molecule has 2 aromatic carbocycles. The molecule has 8 heteroatoms. The van der Waals surface area contributed by atoms with Gasteiger partial charge in [0.25, 0.3) is 0 Å². The van der Waals surface area contributed by atoms with E-state index in [2.05, 4.69) is 0 Å². The van der Waals surface area contributed by atoms with Crippen molar-refractivity contribution in [1.82, 2.24) is 9.80 Å². The molecule has 1 aliphatic rings. The van der Waals surface area contributed by atoms with E-state index in [0.29, 0.717) is 18.7 Å². The zero-order chi connectivity index (χ0) is 20.1. The van der Waals surface area contributed by atoms with Crippen LogP contribution < -0.4 is 5.73 Å². The zero-order valence-electron chi connectivity index (χ0n) is 15.9. The molecule has 4 nitrogen and oxygen atoms in total. The first kappa shape index (κ1) is 23.2. The smallest absolute Gasteiger partial charge is 0.328 e. The molecule has 1 fully saturated rings. The number of alkyl halides is 3. The lowest BCUT2D eigenvalue weighted by Crippen LogP contribution is -2.44. The third-order valence-electron chi connectivity index (χ3n) is 4.97. The molecule has 2 aromatic rings. The van der Waals surface area contributed by atoms with Crippen molar-refractivity contribution >= 4 is 18.3 Å². The minimum Gasteiger partial charge on any atom is -0.328 e. The Bertz CT molecular complexity index is 774. The SMILES string of the molecule is Cl.N[C@@H]1CN(CC(=O)N(Cc2ccccc2)CC(F)(F)F)C[C@H]1c1ccccc1. The number of carbonyl (C=O) groups excluding carboxylic acids is 1. The number of carbonyl (C=O) groups is 1. The summed E-state index contributed by atoms with van der Waals surface area (Å²) < 4.78 is 39.0.